The number of fused-ring (bicyclic) bond motifs is 6. The summed E-state index contributed by atoms with van der Waals surface area (Å²) in [6.45, 7) is 30.5. The molecule has 6 aromatic heterocycles. The Hall–Kier alpha value is -7.44. The number of pyridine rings is 4. The fraction of sp³-hybridized carbons (Fsp3) is 0.436. The van der Waals surface area contributed by atoms with E-state index in [4.69, 9.17) is 91.3 Å². The van der Waals surface area contributed by atoms with E-state index in [1.807, 2.05) is 154 Å². The molecule has 0 amide bonds. The van der Waals surface area contributed by atoms with Crippen LogP contribution in [0.3, 0.4) is 0 Å². The second-order valence-corrected chi connectivity index (χ2v) is 48.5. The molecule has 0 unspecified atom stereocenters. The summed E-state index contributed by atoms with van der Waals surface area (Å²) in [5, 5.41) is 45.7. The second kappa shape index (κ2) is 60.1. The summed E-state index contributed by atoms with van der Waals surface area (Å²) in [4.78, 5) is 36.6. The number of hydrogen-bond acceptors (Lipinski definition) is 23. The van der Waals surface area contributed by atoms with Crippen LogP contribution in [0.15, 0.2) is 195 Å². The molecule has 0 aliphatic carbocycles. The maximum atomic E-state index is 12.5. The number of phenolic OH excluding ortho intramolecular Hbond substituents is 1. The Morgan fingerprint density at radius 2 is 0.849 bits per heavy atom. The first-order chi connectivity index (χ1) is 69.7. The highest BCUT2D eigenvalue weighted by Gasteiger charge is 2.27. The molecule has 9 N–H and O–H groups in total. The number of nitrogens with one attached hydrogen (secondary N) is 3. The number of aromatic nitrogens is 6. The lowest BCUT2D eigenvalue weighted by atomic mass is 9.80. The minimum Gasteiger partial charge on any atom is -0.507 e. The van der Waals surface area contributed by atoms with Crippen molar-refractivity contribution in [2.24, 2.45) is 29.6 Å². The van der Waals surface area contributed by atoms with Crippen molar-refractivity contribution in [2.45, 2.75) is 149 Å². The van der Waals surface area contributed by atoms with Crippen LogP contribution in [-0.4, -0.2) is 244 Å². The number of likely N-dealkylation sites (tertiary alicyclic amines) is 5. The van der Waals surface area contributed by atoms with E-state index in [2.05, 4.69) is 175 Å². The number of aliphatic hydroxyl groups excluding tert-OH is 1. The number of benzene rings is 7. The largest absolute Gasteiger partial charge is 0.507 e. The van der Waals surface area contributed by atoms with Crippen LogP contribution in [0, 0.1) is 64.4 Å². The molecule has 7 aromatic carbocycles. The van der Waals surface area contributed by atoms with Crippen LogP contribution in [0.5, 0.6) is 28.7 Å². The fourth-order valence-corrected chi connectivity index (χ4v) is 22.1. The van der Waals surface area contributed by atoms with E-state index in [1.54, 1.807) is 43.5 Å². The lowest BCUT2D eigenvalue weighted by Gasteiger charge is -2.29. The molecule has 0 radical (unpaired) electrons. The third-order valence-corrected chi connectivity index (χ3v) is 33.6. The zero-order valence-electron chi connectivity index (χ0n) is 85.9. The maximum absolute atomic E-state index is 12.5. The minimum atomic E-state index is -3.30. The van der Waals surface area contributed by atoms with Gasteiger partial charge in [-0.25, -0.2) is 36.8 Å². The number of aromatic hydroxyl groups is 1. The number of nitrogen functional groups attached to an aromatic ring is 1. The Kier molecular flexibility index (Phi) is 49.6. The molecule has 5 aliphatic rings. The Labute approximate surface area is 927 Å². The number of piperidine rings is 5. The summed E-state index contributed by atoms with van der Waals surface area (Å²) in [5.74, 6) is 8.12. The molecule has 18 rings (SSSR count). The number of halogens is 8. The molecule has 0 spiro atoms. The standard InChI is InChI=1S/C27H31N3O3S.C19H23BrClN3O.C19H22ClN3O.C13H17ClINO.C8H11BO4S.C7H15NO.C6H7BrN2.C6H4ClIO.C5H12/c1-4-34(31,32)21-7-5-6-20(15-21)22-8-9-24(33-17-19-10-12-30(3)13-11-19)26-25(22)23-14-18(2)16-28-27(23)29-26;1-13-9-16(20)19(22-11-13)23-17-10-15(21)3-4-18(17)25-12-14-5-7-24(2)8-6-14;1-12-9-14-17-15(20)3-4-16(18(17)22-19(14)21-10-12)24-11-13-5-7-23(2)8-6-13;1-16-6-4-10(5-7-16)9-17-13-3-2-11(14)8-12(13)15;1-2-14(12,13)8-5-3-4-7(6-8)9(10)11;1-8-4-2-7(6-9)3-5-8;1-4-2-5(7)6(8)9-3-4;7-4-1-2-6(9)5(8)3-4;1-3-5-4-2/h5-9,14-16,19H,4,10-13,17H2,1-3H3,(H,28,29);3-4,9-11,14H,5-8,12H2,1-2H3,(H,22,23);3-4,9-10,13H,5-8,11H2,1-2H3,(H,21,22);2-3,8,10H,4-7,9H2,1H3;3-6,10-11H,2H2,1H3;7,9H,2-6H2,1H3;2-3H,1H3,(H2,8,9);1-3,9H;3-5H2,1-2H3. The predicted molar refractivity (Wildman–Crippen MR) is 627 cm³/mol. The van der Waals surface area contributed by atoms with Gasteiger partial charge in [-0.15, -0.1) is 0 Å². The molecule has 5 saturated heterocycles. The number of unbranched alkanes of at least 4 members (excludes halogenated alkanes) is 2. The Morgan fingerprint density at radius 1 is 0.459 bits per heavy atom. The maximum Gasteiger partial charge on any atom is 0.488 e. The number of rotatable bonds is 23. The lowest BCUT2D eigenvalue weighted by molar-refractivity contribution is 0.148. The van der Waals surface area contributed by atoms with Gasteiger partial charge in [0.05, 0.1) is 85.6 Å². The number of aromatic amines is 2. The Balaban J connectivity index is 0.000000177. The van der Waals surface area contributed by atoms with Gasteiger partial charge < -0.3 is 84.7 Å². The van der Waals surface area contributed by atoms with Crippen molar-refractivity contribution < 1.29 is 56.0 Å². The van der Waals surface area contributed by atoms with Crippen molar-refractivity contribution in [2.75, 3.05) is 156 Å². The summed E-state index contributed by atoms with van der Waals surface area (Å²) < 4.78 is 76.1. The zero-order chi connectivity index (χ0) is 106. The first kappa shape index (κ1) is 120. The number of ether oxygens (including phenoxy) is 4. The third kappa shape index (κ3) is 37.8. The van der Waals surface area contributed by atoms with Crippen LogP contribution in [0.25, 0.3) is 55.0 Å². The minimum absolute atomic E-state index is 0.00201. The van der Waals surface area contributed by atoms with Crippen LogP contribution in [0.1, 0.15) is 133 Å². The van der Waals surface area contributed by atoms with Crippen molar-refractivity contribution >= 4 is 217 Å². The van der Waals surface area contributed by atoms with Crippen molar-refractivity contribution in [3.8, 4) is 39.9 Å². The summed E-state index contributed by atoms with van der Waals surface area (Å²) in [7, 11) is 2.62. The summed E-state index contributed by atoms with van der Waals surface area (Å²) in [6.07, 6.45) is 23.2. The zero-order valence-corrected chi connectivity index (χ0v) is 98.1. The van der Waals surface area contributed by atoms with Gasteiger partial charge in [0, 0.05) is 68.0 Å². The monoisotopic (exact) mass is 2460 g/mol. The van der Waals surface area contributed by atoms with Crippen LogP contribution in [0.2, 0.25) is 20.1 Å². The van der Waals surface area contributed by atoms with Crippen molar-refractivity contribution in [3.63, 3.8) is 0 Å². The third-order valence-electron chi connectivity index (χ3n) is 26.2. The number of aryl methyl sites for hydroxylation is 4. The van der Waals surface area contributed by atoms with Gasteiger partial charge in [0.2, 0.25) is 0 Å². The number of aliphatic hydroxyl groups is 1. The molecule has 5 fully saturated rings. The molecular formula is C110H142BBr2Cl4I2N13O12S2. The smallest absolute Gasteiger partial charge is 0.488 e. The number of sulfone groups is 2. The van der Waals surface area contributed by atoms with Crippen LogP contribution in [-0.2, 0) is 19.7 Å². The molecule has 0 atom stereocenters. The fourth-order valence-electron chi connectivity index (χ4n) is 16.9. The summed E-state index contributed by atoms with van der Waals surface area (Å²) in [6, 6.07) is 45.3. The van der Waals surface area contributed by atoms with E-state index in [9.17, 15) is 16.8 Å². The number of phenols is 1. The van der Waals surface area contributed by atoms with Crippen LogP contribution >= 0.6 is 123 Å². The van der Waals surface area contributed by atoms with E-state index in [0.717, 1.165) is 223 Å². The van der Waals surface area contributed by atoms with Gasteiger partial charge in [-0.1, -0.05) is 118 Å². The molecule has 36 heteroatoms. The van der Waals surface area contributed by atoms with E-state index >= 15 is 0 Å². The normalized spacial score (nSPS) is 15.4. The highest BCUT2D eigenvalue weighted by molar-refractivity contribution is 14.1. The van der Waals surface area contributed by atoms with Crippen molar-refractivity contribution in [3.05, 3.63) is 235 Å². The lowest BCUT2D eigenvalue weighted by Crippen LogP contribution is -2.32. The first-order valence-corrected chi connectivity index (χ1v) is 58.5. The van der Waals surface area contributed by atoms with E-state index in [1.165, 1.54) is 115 Å². The van der Waals surface area contributed by atoms with Gasteiger partial charge in [-0.05, 0) is 465 Å². The number of nitrogens with two attached hydrogens (primary N) is 1. The van der Waals surface area contributed by atoms with Crippen molar-refractivity contribution in [1.29, 1.82) is 0 Å². The highest BCUT2D eigenvalue weighted by atomic mass is 127. The molecule has 13 aromatic rings. The van der Waals surface area contributed by atoms with Crippen molar-refractivity contribution in [1.82, 2.24) is 54.4 Å². The highest BCUT2D eigenvalue weighted by Crippen LogP contribution is 2.43. The molecular weight excluding hydrogens is 2330 g/mol. The van der Waals surface area contributed by atoms with Gasteiger partial charge in [-0.3, -0.25) is 0 Å². The molecule has 146 heavy (non-hydrogen) atoms. The van der Waals surface area contributed by atoms with E-state index in [-0.39, 0.29) is 27.6 Å². The van der Waals surface area contributed by atoms with Crippen LogP contribution in [0.4, 0.5) is 17.3 Å². The quantitative estimate of drug-likeness (QED) is 0.0218. The Morgan fingerprint density at radius 3 is 1.28 bits per heavy atom. The topological polar surface area (TPSA) is 324 Å². The average molecular weight is 2470 g/mol. The molecule has 25 nitrogen and oxygen atoms in total. The van der Waals surface area contributed by atoms with Gasteiger partial charge >= 0.3 is 7.12 Å². The second-order valence-electron chi connectivity index (χ2n) is 38.2. The molecule has 5 aliphatic heterocycles. The van der Waals surface area contributed by atoms with Gasteiger partial charge in [0.15, 0.2) is 19.7 Å². The SMILES string of the molecule is CCCCC.CCS(=O)(=O)c1cccc(-c2ccc(OCC3CCN(C)CC3)c3[nH]c4ncc(C)cc4c23)c1.CCS(=O)(=O)c1cccc(B(O)O)c1.CN1CCC(CO)CC1.CN1CCC(COc2ccc(Cl)cc2I)CC1.Cc1cnc(N)c(Br)c1.Cc1cnc(Nc2cc(Cl)ccc2OCC2CCN(C)CC2)c(Br)c1.Cc1cnc2[nH]c3c(OCC4CCN(C)CC4)ccc(Cl)c3c2c1.Oc1ccc(Cl)cc1I. The first-order valence-electron chi connectivity index (χ1n) is 49.9. The molecule has 0 saturated carbocycles. The van der Waals surface area contributed by atoms with E-state index < -0.39 is 26.8 Å². The number of nitrogens with zero attached hydrogens (tertiary/aromatic N) is 9. The average Bonchev–Trinajstić information content (AvgIpc) is 1.57. The molecule has 11 heterocycles. The van der Waals surface area contributed by atoms with Gasteiger partial charge in [0.25, 0.3) is 0 Å². The molecule has 0 bridgehead atoms. The number of hydrogen-bond donors (Lipinski definition) is 8. The van der Waals surface area contributed by atoms with Crippen LogP contribution < -0.4 is 35.5 Å². The Bertz CT molecular complexity index is 6520. The van der Waals surface area contributed by atoms with Gasteiger partial charge in [-0.2, -0.15) is 0 Å². The number of H-pyrrole nitrogens is 2. The molecule has 790 valence electrons. The van der Waals surface area contributed by atoms with E-state index in [0.29, 0.717) is 63.6 Å². The predicted octanol–water partition coefficient (Wildman–Crippen LogP) is 24.6. The summed E-state index contributed by atoms with van der Waals surface area (Å²) >= 11 is 35.2. The van der Waals surface area contributed by atoms with Gasteiger partial charge in [0.1, 0.15) is 51.7 Å². The summed E-state index contributed by atoms with van der Waals surface area (Å²) in [5.41, 5.74) is 16.2. The number of anilines is 3.